The van der Waals surface area contributed by atoms with Crippen molar-refractivity contribution in [1.82, 2.24) is 5.32 Å². The van der Waals surface area contributed by atoms with Crippen LogP contribution in [0.1, 0.15) is 18.9 Å². The van der Waals surface area contributed by atoms with Crippen LogP contribution in [-0.4, -0.2) is 12.5 Å². The summed E-state index contributed by atoms with van der Waals surface area (Å²) in [5, 5.41) is 2.84. The summed E-state index contributed by atoms with van der Waals surface area (Å²) in [6.45, 7) is 2.57. The first-order valence-corrected chi connectivity index (χ1v) is 5.53. The van der Waals surface area contributed by atoms with E-state index in [9.17, 15) is 4.79 Å². The van der Waals surface area contributed by atoms with Gasteiger partial charge in [0.1, 0.15) is 0 Å². The summed E-state index contributed by atoms with van der Waals surface area (Å²) < 4.78 is 1.08. The molecule has 0 aliphatic rings. The molecule has 1 amide bonds. The predicted molar refractivity (Wildman–Crippen MR) is 61.1 cm³/mol. The van der Waals surface area contributed by atoms with E-state index in [4.69, 9.17) is 0 Å². The van der Waals surface area contributed by atoms with Crippen molar-refractivity contribution in [1.29, 1.82) is 0 Å². The molecule has 0 atom stereocenters. The van der Waals surface area contributed by atoms with Crippen LogP contribution >= 0.6 is 15.9 Å². The molecule has 1 aromatic rings. The van der Waals surface area contributed by atoms with E-state index >= 15 is 0 Å². The minimum absolute atomic E-state index is 0.113. The Labute approximate surface area is 92.8 Å². The second-order valence-corrected chi connectivity index (χ2v) is 4.00. The monoisotopic (exact) mass is 255 g/mol. The molecule has 2 nitrogen and oxygen atoms in total. The van der Waals surface area contributed by atoms with Crippen LogP contribution in [0.2, 0.25) is 0 Å². The Morgan fingerprint density at radius 3 is 2.57 bits per heavy atom. The normalized spacial score (nSPS) is 9.86. The van der Waals surface area contributed by atoms with Gasteiger partial charge in [0.25, 0.3) is 0 Å². The van der Waals surface area contributed by atoms with Crippen molar-refractivity contribution in [2.24, 2.45) is 0 Å². The van der Waals surface area contributed by atoms with Gasteiger partial charge in [0.05, 0.1) is 0 Å². The molecule has 0 unspecified atom stereocenters. The minimum Gasteiger partial charge on any atom is -0.356 e. The van der Waals surface area contributed by atoms with Crippen molar-refractivity contribution in [2.45, 2.75) is 19.8 Å². The van der Waals surface area contributed by atoms with Gasteiger partial charge in [0.15, 0.2) is 0 Å². The fourth-order valence-electron chi connectivity index (χ4n) is 1.12. The van der Waals surface area contributed by atoms with E-state index in [1.165, 1.54) is 5.56 Å². The van der Waals surface area contributed by atoms with Crippen LogP contribution in [0, 0.1) is 0 Å². The SMILES string of the molecule is CCC(=O)NCCc1ccc(Br)cc1. The molecule has 1 rings (SSSR count). The summed E-state index contributed by atoms with van der Waals surface area (Å²) in [6, 6.07) is 8.14. The van der Waals surface area contributed by atoms with E-state index < -0.39 is 0 Å². The Balaban J connectivity index is 2.31. The first kappa shape index (κ1) is 11.2. The largest absolute Gasteiger partial charge is 0.356 e. The highest BCUT2D eigenvalue weighted by molar-refractivity contribution is 9.10. The molecule has 0 spiro atoms. The molecule has 1 N–H and O–H groups in total. The third-order valence-corrected chi connectivity index (χ3v) is 2.50. The first-order chi connectivity index (χ1) is 6.72. The Morgan fingerprint density at radius 2 is 2.00 bits per heavy atom. The number of hydrogen-bond acceptors (Lipinski definition) is 1. The summed E-state index contributed by atoms with van der Waals surface area (Å²) >= 11 is 3.38. The molecule has 0 radical (unpaired) electrons. The molecule has 0 aliphatic carbocycles. The van der Waals surface area contributed by atoms with E-state index in [-0.39, 0.29) is 5.91 Å². The summed E-state index contributed by atoms with van der Waals surface area (Å²) in [4.78, 5) is 10.9. The van der Waals surface area contributed by atoms with E-state index in [0.717, 1.165) is 10.9 Å². The zero-order chi connectivity index (χ0) is 10.4. The Kier molecular flexibility index (Phi) is 4.66. The van der Waals surface area contributed by atoms with Gasteiger partial charge in [-0.2, -0.15) is 0 Å². The van der Waals surface area contributed by atoms with E-state index in [1.807, 2.05) is 19.1 Å². The standard InChI is InChI=1S/C11H14BrNO/c1-2-11(14)13-8-7-9-3-5-10(12)6-4-9/h3-6H,2,7-8H2,1H3,(H,13,14). The van der Waals surface area contributed by atoms with Crippen molar-refractivity contribution >= 4 is 21.8 Å². The van der Waals surface area contributed by atoms with Gasteiger partial charge in [-0.25, -0.2) is 0 Å². The maximum Gasteiger partial charge on any atom is 0.219 e. The quantitative estimate of drug-likeness (QED) is 0.881. The van der Waals surface area contributed by atoms with Crippen LogP contribution < -0.4 is 5.32 Å². The van der Waals surface area contributed by atoms with Gasteiger partial charge in [0, 0.05) is 17.4 Å². The number of nitrogens with one attached hydrogen (secondary N) is 1. The van der Waals surface area contributed by atoms with E-state index in [2.05, 4.69) is 33.4 Å². The maximum atomic E-state index is 10.9. The van der Waals surface area contributed by atoms with Crippen LogP contribution in [0.15, 0.2) is 28.7 Å². The van der Waals surface area contributed by atoms with Crippen molar-refractivity contribution in [3.8, 4) is 0 Å². The molecular weight excluding hydrogens is 242 g/mol. The lowest BCUT2D eigenvalue weighted by Gasteiger charge is -2.03. The second-order valence-electron chi connectivity index (χ2n) is 3.08. The third kappa shape index (κ3) is 3.92. The van der Waals surface area contributed by atoms with Crippen LogP contribution in [0.3, 0.4) is 0 Å². The zero-order valence-corrected chi connectivity index (χ0v) is 9.80. The van der Waals surface area contributed by atoms with Crippen molar-refractivity contribution < 1.29 is 4.79 Å². The number of amides is 1. The summed E-state index contributed by atoms with van der Waals surface area (Å²) in [5.74, 6) is 0.113. The fraction of sp³-hybridized carbons (Fsp3) is 0.364. The fourth-order valence-corrected chi connectivity index (χ4v) is 1.39. The number of benzene rings is 1. The molecular formula is C11H14BrNO. The summed E-state index contributed by atoms with van der Waals surface area (Å²) in [6.07, 6.45) is 1.44. The number of carbonyl (C=O) groups is 1. The van der Waals surface area contributed by atoms with Crippen LogP contribution in [-0.2, 0) is 11.2 Å². The van der Waals surface area contributed by atoms with Crippen molar-refractivity contribution in [2.75, 3.05) is 6.54 Å². The minimum atomic E-state index is 0.113. The van der Waals surface area contributed by atoms with Gasteiger partial charge < -0.3 is 5.32 Å². The molecule has 14 heavy (non-hydrogen) atoms. The Morgan fingerprint density at radius 1 is 1.36 bits per heavy atom. The molecule has 0 bridgehead atoms. The number of carbonyl (C=O) groups excluding carboxylic acids is 1. The highest BCUT2D eigenvalue weighted by Crippen LogP contribution is 2.10. The van der Waals surface area contributed by atoms with Crippen LogP contribution in [0.5, 0.6) is 0 Å². The molecule has 0 saturated carbocycles. The van der Waals surface area contributed by atoms with Crippen LogP contribution in [0.4, 0.5) is 0 Å². The molecule has 0 heterocycles. The molecule has 76 valence electrons. The lowest BCUT2D eigenvalue weighted by molar-refractivity contribution is -0.120. The van der Waals surface area contributed by atoms with Gasteiger partial charge in [-0.3, -0.25) is 4.79 Å². The van der Waals surface area contributed by atoms with Gasteiger partial charge in [0.2, 0.25) is 5.91 Å². The Hall–Kier alpha value is -0.830. The van der Waals surface area contributed by atoms with E-state index in [1.54, 1.807) is 0 Å². The average Bonchev–Trinajstić information content (AvgIpc) is 2.21. The predicted octanol–water partition coefficient (Wildman–Crippen LogP) is 2.52. The average molecular weight is 256 g/mol. The van der Waals surface area contributed by atoms with Gasteiger partial charge in [-0.05, 0) is 24.1 Å². The molecule has 0 aliphatic heterocycles. The van der Waals surface area contributed by atoms with Gasteiger partial charge in [-0.15, -0.1) is 0 Å². The van der Waals surface area contributed by atoms with Crippen molar-refractivity contribution in [3.63, 3.8) is 0 Å². The Bertz CT molecular complexity index is 295. The first-order valence-electron chi connectivity index (χ1n) is 4.73. The summed E-state index contributed by atoms with van der Waals surface area (Å²) in [5.41, 5.74) is 1.24. The number of halogens is 1. The lowest BCUT2D eigenvalue weighted by Crippen LogP contribution is -2.24. The molecule has 0 aromatic heterocycles. The molecule has 0 saturated heterocycles. The smallest absolute Gasteiger partial charge is 0.219 e. The summed E-state index contributed by atoms with van der Waals surface area (Å²) in [7, 11) is 0. The van der Waals surface area contributed by atoms with E-state index in [0.29, 0.717) is 13.0 Å². The zero-order valence-electron chi connectivity index (χ0n) is 8.22. The highest BCUT2D eigenvalue weighted by Gasteiger charge is 1.96. The number of rotatable bonds is 4. The second kappa shape index (κ2) is 5.81. The number of hydrogen-bond donors (Lipinski definition) is 1. The van der Waals surface area contributed by atoms with Crippen molar-refractivity contribution in [3.05, 3.63) is 34.3 Å². The topological polar surface area (TPSA) is 29.1 Å². The van der Waals surface area contributed by atoms with Crippen LogP contribution in [0.25, 0.3) is 0 Å². The lowest BCUT2D eigenvalue weighted by atomic mass is 10.1. The molecule has 1 aromatic carbocycles. The molecule has 3 heteroatoms. The molecule has 0 fully saturated rings. The highest BCUT2D eigenvalue weighted by atomic mass is 79.9. The maximum absolute atomic E-state index is 10.9. The third-order valence-electron chi connectivity index (χ3n) is 1.97. The van der Waals surface area contributed by atoms with Gasteiger partial charge in [-0.1, -0.05) is 35.0 Å². The van der Waals surface area contributed by atoms with Gasteiger partial charge >= 0.3 is 0 Å².